The van der Waals surface area contributed by atoms with Gasteiger partial charge in [0.15, 0.2) is 0 Å². The molecule has 0 saturated carbocycles. The van der Waals surface area contributed by atoms with Crippen molar-refractivity contribution in [3.05, 3.63) is 0 Å². The molecule has 0 rings (SSSR count). The minimum atomic E-state index is -2.86. The van der Waals surface area contributed by atoms with E-state index in [1.165, 1.54) is 12.5 Å². The molecule has 104 valence electrons. The van der Waals surface area contributed by atoms with Gasteiger partial charge in [0.2, 0.25) is 0 Å². The number of hydrogen-bond donors (Lipinski definition) is 0. The highest BCUT2D eigenvalue weighted by Gasteiger charge is 2.21. The molecule has 0 fully saturated rings. The van der Waals surface area contributed by atoms with Gasteiger partial charge in [-0.05, 0) is 12.8 Å². The molecular weight excluding hydrogens is 276 g/mol. The second-order valence-electron chi connectivity index (χ2n) is 5.63. The minimum absolute atomic E-state index is 0.246. The van der Waals surface area contributed by atoms with E-state index in [-0.39, 0.29) is 11.5 Å². The third-order valence-corrected chi connectivity index (χ3v) is 8.21. The van der Waals surface area contributed by atoms with E-state index in [4.69, 9.17) is 0 Å². The smallest absolute Gasteiger partial charge is 0.147 e. The summed E-state index contributed by atoms with van der Waals surface area (Å²) < 4.78 is 44.0. The second kappa shape index (κ2) is 6.33. The topological polar surface area (TPSA) is 68.3 Å². The third-order valence-electron chi connectivity index (χ3n) is 2.74. The zero-order chi connectivity index (χ0) is 13.7. The predicted octanol–water partition coefficient (Wildman–Crippen LogP) is 1.56. The van der Waals surface area contributed by atoms with Crippen LogP contribution in [-0.4, -0.2) is 48.9 Å². The molecule has 0 aromatic heterocycles. The SMILES string of the molecule is C[Si](C)(CCCS(C)(=O)=O)CCCS(C)(=O)=O. The molecule has 0 spiro atoms. The molecule has 0 unspecified atom stereocenters. The molecule has 0 aliphatic carbocycles. The van der Waals surface area contributed by atoms with Gasteiger partial charge in [0.05, 0.1) is 0 Å². The van der Waals surface area contributed by atoms with Crippen LogP contribution < -0.4 is 0 Å². The van der Waals surface area contributed by atoms with Crippen molar-refractivity contribution in [1.29, 1.82) is 0 Å². The summed E-state index contributed by atoms with van der Waals surface area (Å²) in [5, 5.41) is 0. The lowest BCUT2D eigenvalue weighted by atomic mass is 10.6. The first-order valence-electron chi connectivity index (χ1n) is 5.77. The van der Waals surface area contributed by atoms with Crippen LogP contribution in [0.3, 0.4) is 0 Å². The second-order valence-corrected chi connectivity index (χ2v) is 15.5. The lowest BCUT2D eigenvalue weighted by Gasteiger charge is -2.21. The molecule has 0 aliphatic rings. The first-order chi connectivity index (χ1) is 7.41. The van der Waals surface area contributed by atoms with Crippen LogP contribution in [0.2, 0.25) is 25.2 Å². The molecule has 0 heterocycles. The van der Waals surface area contributed by atoms with Crippen molar-refractivity contribution in [3.63, 3.8) is 0 Å². The van der Waals surface area contributed by atoms with E-state index in [0.29, 0.717) is 12.8 Å². The highest BCUT2D eigenvalue weighted by atomic mass is 32.2. The highest BCUT2D eigenvalue weighted by molar-refractivity contribution is 7.90. The Hall–Kier alpha value is 0.117. The molecule has 7 heteroatoms. The van der Waals surface area contributed by atoms with Crippen molar-refractivity contribution in [2.75, 3.05) is 24.0 Å². The van der Waals surface area contributed by atoms with Crippen molar-refractivity contribution in [2.45, 2.75) is 38.0 Å². The molecule has 4 nitrogen and oxygen atoms in total. The maximum Gasteiger partial charge on any atom is 0.147 e. The molecule has 0 atom stereocenters. The van der Waals surface area contributed by atoms with Crippen molar-refractivity contribution < 1.29 is 16.8 Å². The van der Waals surface area contributed by atoms with Gasteiger partial charge in [0.25, 0.3) is 0 Å². The van der Waals surface area contributed by atoms with E-state index in [1.54, 1.807) is 0 Å². The number of hydrogen-bond acceptors (Lipinski definition) is 4. The summed E-state index contributed by atoms with van der Waals surface area (Å²) in [5.41, 5.74) is 0. The number of rotatable bonds is 8. The molecule has 17 heavy (non-hydrogen) atoms. The molecule has 0 aromatic rings. The van der Waals surface area contributed by atoms with Gasteiger partial charge in [-0.15, -0.1) is 0 Å². The van der Waals surface area contributed by atoms with E-state index >= 15 is 0 Å². The molecule has 0 saturated heterocycles. The van der Waals surface area contributed by atoms with Gasteiger partial charge < -0.3 is 0 Å². The molecule has 0 aromatic carbocycles. The Morgan fingerprint density at radius 1 is 0.765 bits per heavy atom. The van der Waals surface area contributed by atoms with Crippen LogP contribution in [0.4, 0.5) is 0 Å². The Balaban J connectivity index is 3.96. The van der Waals surface area contributed by atoms with E-state index in [0.717, 1.165) is 12.1 Å². The summed E-state index contributed by atoms with van der Waals surface area (Å²) in [6, 6.07) is 1.90. The van der Waals surface area contributed by atoms with E-state index < -0.39 is 27.7 Å². The quantitative estimate of drug-likeness (QED) is 0.638. The zero-order valence-electron chi connectivity index (χ0n) is 11.2. The van der Waals surface area contributed by atoms with Gasteiger partial charge in [-0.25, -0.2) is 16.8 Å². The van der Waals surface area contributed by atoms with Crippen molar-refractivity contribution in [2.24, 2.45) is 0 Å². The number of sulfone groups is 2. The van der Waals surface area contributed by atoms with Crippen LogP contribution >= 0.6 is 0 Å². The lowest BCUT2D eigenvalue weighted by Crippen LogP contribution is -2.26. The summed E-state index contributed by atoms with van der Waals surface area (Å²) in [6.45, 7) is 4.38. The van der Waals surface area contributed by atoms with Gasteiger partial charge in [-0.1, -0.05) is 25.2 Å². The summed E-state index contributed by atoms with van der Waals surface area (Å²) in [6.07, 6.45) is 3.92. The Bertz CT molecular complexity index is 383. The van der Waals surface area contributed by atoms with Gasteiger partial charge >= 0.3 is 0 Å². The summed E-state index contributed by atoms with van der Waals surface area (Å²) in [7, 11) is -7.16. The average molecular weight is 301 g/mol. The molecule has 0 aliphatic heterocycles. The Morgan fingerprint density at radius 2 is 1.06 bits per heavy atom. The zero-order valence-corrected chi connectivity index (χ0v) is 13.8. The van der Waals surface area contributed by atoms with Crippen LogP contribution in [0.5, 0.6) is 0 Å². The van der Waals surface area contributed by atoms with Gasteiger partial charge in [0, 0.05) is 32.1 Å². The van der Waals surface area contributed by atoms with Crippen LogP contribution in [0.25, 0.3) is 0 Å². The van der Waals surface area contributed by atoms with Gasteiger partial charge in [-0.3, -0.25) is 0 Å². The van der Waals surface area contributed by atoms with Crippen LogP contribution in [0, 0.1) is 0 Å². The molecule has 0 N–H and O–H groups in total. The van der Waals surface area contributed by atoms with Crippen molar-refractivity contribution in [3.8, 4) is 0 Å². The summed E-state index contributed by atoms with van der Waals surface area (Å²) in [4.78, 5) is 0. The van der Waals surface area contributed by atoms with Gasteiger partial charge in [-0.2, -0.15) is 0 Å². The first-order valence-corrected chi connectivity index (χ1v) is 13.3. The van der Waals surface area contributed by atoms with Crippen LogP contribution in [0.1, 0.15) is 12.8 Å². The monoisotopic (exact) mass is 300 g/mol. The molecule has 0 radical (unpaired) electrons. The largest absolute Gasteiger partial charge is 0.229 e. The van der Waals surface area contributed by atoms with Crippen molar-refractivity contribution in [1.82, 2.24) is 0 Å². The molecule has 0 amide bonds. The van der Waals surface area contributed by atoms with Gasteiger partial charge in [0.1, 0.15) is 19.7 Å². The maximum absolute atomic E-state index is 11.0. The summed E-state index contributed by atoms with van der Waals surface area (Å²) in [5.74, 6) is 0.491. The van der Waals surface area contributed by atoms with Crippen LogP contribution in [0.15, 0.2) is 0 Å². The van der Waals surface area contributed by atoms with E-state index in [2.05, 4.69) is 13.1 Å². The minimum Gasteiger partial charge on any atom is -0.229 e. The van der Waals surface area contributed by atoms with E-state index in [1.807, 2.05) is 0 Å². The average Bonchev–Trinajstić information content (AvgIpc) is 1.96. The van der Waals surface area contributed by atoms with Crippen molar-refractivity contribution >= 4 is 27.7 Å². The molecule has 0 bridgehead atoms. The first kappa shape index (κ1) is 17.1. The van der Waals surface area contributed by atoms with Crippen LogP contribution in [-0.2, 0) is 19.7 Å². The Kier molecular flexibility index (Phi) is 6.38. The Morgan fingerprint density at radius 3 is 1.29 bits per heavy atom. The lowest BCUT2D eigenvalue weighted by molar-refractivity contribution is 0.599. The standard InChI is InChI=1S/C10H24O4S2Si/c1-15(11,12)7-5-9-17(3,4)10-6-8-16(2,13)14/h5-10H2,1-4H3. The normalized spacial score (nSPS) is 13.9. The fourth-order valence-electron chi connectivity index (χ4n) is 1.75. The third kappa shape index (κ3) is 12.4. The fourth-order valence-corrected chi connectivity index (χ4v) is 6.12. The Labute approximate surface area is 107 Å². The molecular formula is C10H24O4S2Si. The highest BCUT2D eigenvalue weighted by Crippen LogP contribution is 2.20. The maximum atomic E-state index is 11.0. The van der Waals surface area contributed by atoms with E-state index in [9.17, 15) is 16.8 Å². The fraction of sp³-hybridized carbons (Fsp3) is 1.00. The predicted molar refractivity (Wildman–Crippen MR) is 75.8 cm³/mol. The summed E-state index contributed by atoms with van der Waals surface area (Å²) >= 11 is 0.